The Bertz CT molecular complexity index is 706. The first-order chi connectivity index (χ1) is 12.2. The van der Waals surface area contributed by atoms with Gasteiger partial charge < -0.3 is 15.0 Å². The third-order valence-corrected chi connectivity index (χ3v) is 4.10. The van der Waals surface area contributed by atoms with Gasteiger partial charge in [0.05, 0.1) is 6.04 Å². The van der Waals surface area contributed by atoms with Crippen molar-refractivity contribution in [3.8, 4) is 0 Å². The summed E-state index contributed by atoms with van der Waals surface area (Å²) in [7, 11) is 0. The number of hydrogen-bond acceptors (Lipinski definition) is 4. The fourth-order valence-corrected chi connectivity index (χ4v) is 2.96. The number of ketones is 1. The number of ether oxygens (including phenoxy) is 1. The summed E-state index contributed by atoms with van der Waals surface area (Å²) < 4.78 is 5.17. The maximum atomic E-state index is 12.9. The topological polar surface area (TPSA) is 75.7 Å². The number of Topliss-reactive ketones (excluding diaryl/α,β-unsaturated/α-hetero) is 1. The van der Waals surface area contributed by atoms with Crippen LogP contribution in [0.5, 0.6) is 0 Å². The van der Waals surface area contributed by atoms with Crippen LogP contribution in [0.3, 0.4) is 0 Å². The molecular formula is C20H26N2O4. The summed E-state index contributed by atoms with van der Waals surface area (Å²) in [6.45, 7) is 9.58. The number of alkyl carbamates (subject to hydrolysis) is 1. The van der Waals surface area contributed by atoms with E-state index in [1.54, 1.807) is 43.9 Å². The van der Waals surface area contributed by atoms with Gasteiger partial charge in [0.25, 0.3) is 0 Å². The third kappa shape index (κ3) is 4.94. The molecule has 6 heteroatoms. The number of nitrogens with one attached hydrogen (secondary N) is 1. The Balaban J connectivity index is 2.01. The van der Waals surface area contributed by atoms with Gasteiger partial charge in [0.15, 0.2) is 5.78 Å². The van der Waals surface area contributed by atoms with Crippen molar-refractivity contribution in [2.45, 2.75) is 45.3 Å². The molecule has 26 heavy (non-hydrogen) atoms. The van der Waals surface area contributed by atoms with Crippen LogP contribution in [0.1, 0.15) is 49.5 Å². The first-order valence-electron chi connectivity index (χ1n) is 8.75. The number of benzene rings is 1. The van der Waals surface area contributed by atoms with Crippen molar-refractivity contribution in [2.24, 2.45) is 0 Å². The lowest BCUT2D eigenvalue weighted by molar-refractivity contribution is -0.128. The second kappa shape index (κ2) is 8.17. The van der Waals surface area contributed by atoms with E-state index in [9.17, 15) is 14.4 Å². The molecule has 1 aliphatic heterocycles. The minimum absolute atomic E-state index is 0.0783. The highest BCUT2D eigenvalue weighted by atomic mass is 16.6. The summed E-state index contributed by atoms with van der Waals surface area (Å²) in [6.07, 6.45) is 1.91. The van der Waals surface area contributed by atoms with Gasteiger partial charge in [-0.1, -0.05) is 36.9 Å². The van der Waals surface area contributed by atoms with Gasteiger partial charge in [0.1, 0.15) is 5.60 Å². The van der Waals surface area contributed by atoms with Gasteiger partial charge in [0.2, 0.25) is 5.91 Å². The molecular weight excluding hydrogens is 332 g/mol. The first kappa shape index (κ1) is 19.7. The Kier molecular flexibility index (Phi) is 6.18. The van der Waals surface area contributed by atoms with Crippen LogP contribution in [0, 0.1) is 0 Å². The maximum Gasteiger partial charge on any atom is 0.407 e. The second-order valence-electron chi connectivity index (χ2n) is 7.23. The van der Waals surface area contributed by atoms with Crippen molar-refractivity contribution in [3.63, 3.8) is 0 Å². The molecule has 1 aromatic carbocycles. The Morgan fingerprint density at radius 1 is 1.35 bits per heavy atom. The Labute approximate surface area is 154 Å². The van der Waals surface area contributed by atoms with Gasteiger partial charge in [-0.05, 0) is 32.8 Å². The first-order valence-corrected chi connectivity index (χ1v) is 8.75. The molecule has 1 fully saturated rings. The largest absolute Gasteiger partial charge is 0.444 e. The molecule has 1 aliphatic rings. The standard InChI is InChI=1S/C20H26N2O4/c1-5-14-8-6-7-9-15(14)18(24)16-10-11-17(23)22(16)13-12-21-19(25)26-20(2,3)4/h5-9,16H,1,10-13H2,2-4H3,(H,21,25). The van der Waals surface area contributed by atoms with Crippen molar-refractivity contribution in [2.75, 3.05) is 13.1 Å². The quantitative estimate of drug-likeness (QED) is 0.793. The van der Waals surface area contributed by atoms with Gasteiger partial charge in [-0.25, -0.2) is 4.79 Å². The molecule has 1 N–H and O–H groups in total. The van der Waals surface area contributed by atoms with Crippen molar-refractivity contribution in [1.82, 2.24) is 10.2 Å². The Hall–Kier alpha value is -2.63. The lowest BCUT2D eigenvalue weighted by atomic mass is 9.97. The average Bonchev–Trinajstić information content (AvgIpc) is 2.93. The fraction of sp³-hybridized carbons (Fsp3) is 0.450. The minimum Gasteiger partial charge on any atom is -0.444 e. The summed E-state index contributed by atoms with van der Waals surface area (Å²) in [5.74, 6) is -0.172. The molecule has 0 bridgehead atoms. The van der Waals surface area contributed by atoms with Crippen LogP contribution in [-0.4, -0.2) is 47.4 Å². The Morgan fingerprint density at radius 3 is 2.69 bits per heavy atom. The van der Waals surface area contributed by atoms with Crippen molar-refractivity contribution in [1.29, 1.82) is 0 Å². The van der Waals surface area contributed by atoms with E-state index in [0.29, 0.717) is 18.4 Å². The molecule has 0 aromatic heterocycles. The number of amides is 2. The molecule has 1 unspecified atom stereocenters. The van der Waals surface area contributed by atoms with Gasteiger partial charge in [-0.2, -0.15) is 0 Å². The number of nitrogens with zero attached hydrogens (tertiary/aromatic N) is 1. The van der Waals surface area contributed by atoms with Crippen LogP contribution in [0.15, 0.2) is 30.8 Å². The maximum absolute atomic E-state index is 12.9. The fourth-order valence-electron chi connectivity index (χ4n) is 2.96. The number of hydrogen-bond donors (Lipinski definition) is 1. The number of carbonyl (C=O) groups excluding carboxylic acids is 3. The molecule has 6 nitrogen and oxygen atoms in total. The van der Waals surface area contributed by atoms with E-state index < -0.39 is 17.7 Å². The molecule has 140 valence electrons. The lowest BCUT2D eigenvalue weighted by Gasteiger charge is -2.25. The van der Waals surface area contributed by atoms with Crippen LogP contribution >= 0.6 is 0 Å². The highest BCUT2D eigenvalue weighted by molar-refractivity contribution is 6.05. The van der Waals surface area contributed by atoms with Crippen LogP contribution in [-0.2, 0) is 9.53 Å². The number of carbonyl (C=O) groups is 3. The van der Waals surface area contributed by atoms with E-state index >= 15 is 0 Å². The summed E-state index contributed by atoms with van der Waals surface area (Å²) in [5.41, 5.74) is 0.733. The van der Waals surface area contributed by atoms with E-state index in [1.165, 1.54) is 0 Å². The average molecular weight is 358 g/mol. The molecule has 0 saturated carbocycles. The van der Waals surface area contributed by atoms with Crippen LogP contribution in [0.4, 0.5) is 4.79 Å². The molecule has 0 radical (unpaired) electrons. The van der Waals surface area contributed by atoms with E-state index in [2.05, 4.69) is 11.9 Å². The second-order valence-corrected chi connectivity index (χ2v) is 7.23. The number of likely N-dealkylation sites (tertiary alicyclic amines) is 1. The van der Waals surface area contributed by atoms with E-state index in [1.807, 2.05) is 12.1 Å². The summed E-state index contributed by atoms with van der Waals surface area (Å²) >= 11 is 0. The van der Waals surface area contributed by atoms with Crippen molar-refractivity contribution in [3.05, 3.63) is 42.0 Å². The molecule has 2 rings (SSSR count). The van der Waals surface area contributed by atoms with Crippen molar-refractivity contribution < 1.29 is 19.1 Å². The highest BCUT2D eigenvalue weighted by Gasteiger charge is 2.36. The van der Waals surface area contributed by atoms with Gasteiger partial charge in [-0.15, -0.1) is 0 Å². The summed E-state index contributed by atoms with van der Waals surface area (Å²) in [6, 6.07) is 6.70. The Morgan fingerprint density at radius 2 is 2.04 bits per heavy atom. The zero-order chi connectivity index (χ0) is 19.3. The molecule has 2 amide bonds. The van der Waals surface area contributed by atoms with Gasteiger partial charge in [0, 0.05) is 25.1 Å². The molecule has 1 atom stereocenters. The zero-order valence-corrected chi connectivity index (χ0v) is 15.6. The van der Waals surface area contributed by atoms with Crippen LogP contribution < -0.4 is 5.32 Å². The van der Waals surface area contributed by atoms with Gasteiger partial charge in [-0.3, -0.25) is 9.59 Å². The van der Waals surface area contributed by atoms with E-state index in [-0.39, 0.29) is 24.8 Å². The number of rotatable bonds is 6. The molecule has 1 heterocycles. The molecule has 0 aliphatic carbocycles. The van der Waals surface area contributed by atoms with Crippen LogP contribution in [0.2, 0.25) is 0 Å². The molecule has 0 spiro atoms. The van der Waals surface area contributed by atoms with Crippen LogP contribution in [0.25, 0.3) is 6.08 Å². The van der Waals surface area contributed by atoms with Gasteiger partial charge >= 0.3 is 6.09 Å². The highest BCUT2D eigenvalue weighted by Crippen LogP contribution is 2.24. The predicted molar refractivity (Wildman–Crippen MR) is 99.8 cm³/mol. The van der Waals surface area contributed by atoms with Crippen molar-refractivity contribution >= 4 is 23.9 Å². The lowest BCUT2D eigenvalue weighted by Crippen LogP contribution is -2.44. The molecule has 1 aromatic rings. The monoisotopic (exact) mass is 358 g/mol. The summed E-state index contributed by atoms with van der Waals surface area (Å²) in [4.78, 5) is 38.4. The van der Waals surface area contributed by atoms with E-state index in [4.69, 9.17) is 4.74 Å². The predicted octanol–water partition coefficient (Wildman–Crippen LogP) is 3.03. The SMILES string of the molecule is C=Cc1ccccc1C(=O)C1CCC(=O)N1CCNC(=O)OC(C)(C)C. The summed E-state index contributed by atoms with van der Waals surface area (Å²) in [5, 5.41) is 2.63. The van der Waals surface area contributed by atoms with E-state index in [0.717, 1.165) is 5.56 Å². The normalized spacial score (nSPS) is 17.1. The zero-order valence-electron chi connectivity index (χ0n) is 15.6. The minimum atomic E-state index is -0.583. The smallest absolute Gasteiger partial charge is 0.407 e. The molecule has 1 saturated heterocycles. The third-order valence-electron chi connectivity index (χ3n) is 4.10.